The van der Waals surface area contributed by atoms with Gasteiger partial charge in [0.25, 0.3) is 0 Å². The molecule has 2 fully saturated rings. The van der Waals surface area contributed by atoms with Crippen LogP contribution in [-0.4, -0.2) is 34.5 Å². The van der Waals surface area contributed by atoms with Crippen LogP contribution in [0.15, 0.2) is 11.1 Å². The highest BCUT2D eigenvalue weighted by Crippen LogP contribution is 2.62. The highest BCUT2D eigenvalue weighted by Gasteiger charge is 2.76. The van der Waals surface area contributed by atoms with E-state index in [-0.39, 0.29) is 17.4 Å². The van der Waals surface area contributed by atoms with E-state index in [1.54, 1.807) is 0 Å². The molecule has 16 heavy (non-hydrogen) atoms. The van der Waals surface area contributed by atoms with Gasteiger partial charge in [0.1, 0.15) is 5.60 Å². The Bertz CT molecular complexity index is 392. The van der Waals surface area contributed by atoms with Crippen molar-refractivity contribution in [1.29, 1.82) is 0 Å². The van der Waals surface area contributed by atoms with E-state index >= 15 is 0 Å². The lowest BCUT2D eigenvalue weighted by atomic mass is 9.79. The Balaban J connectivity index is 2.17. The Labute approximate surface area is 108 Å². The van der Waals surface area contributed by atoms with Gasteiger partial charge in [0.05, 0.1) is 11.6 Å². The number of halogens is 3. The third kappa shape index (κ3) is 1.06. The van der Waals surface area contributed by atoms with Crippen LogP contribution in [0.3, 0.4) is 0 Å². The van der Waals surface area contributed by atoms with Crippen LogP contribution in [0.25, 0.3) is 0 Å². The molecule has 3 nitrogen and oxygen atoms in total. The van der Waals surface area contributed by atoms with Crippen molar-refractivity contribution < 1.29 is 14.3 Å². The van der Waals surface area contributed by atoms with E-state index in [0.717, 1.165) is 6.42 Å². The van der Waals surface area contributed by atoms with Crippen molar-refractivity contribution in [3.05, 3.63) is 11.1 Å². The molecule has 3 rings (SSSR count). The number of rotatable bonds is 0. The van der Waals surface area contributed by atoms with Crippen molar-refractivity contribution in [2.75, 3.05) is 13.2 Å². The van der Waals surface area contributed by atoms with Crippen LogP contribution in [0.2, 0.25) is 0 Å². The summed E-state index contributed by atoms with van der Waals surface area (Å²) in [4.78, 5) is 11.8. The summed E-state index contributed by atoms with van der Waals surface area (Å²) in [6.45, 7) is 0.764. The minimum Gasteiger partial charge on any atom is -0.366 e. The fourth-order valence-corrected chi connectivity index (χ4v) is 3.84. The number of ketones is 1. The maximum absolute atomic E-state index is 11.8. The van der Waals surface area contributed by atoms with E-state index < -0.39 is 15.5 Å². The van der Waals surface area contributed by atoms with Crippen molar-refractivity contribution in [1.82, 2.24) is 0 Å². The summed E-state index contributed by atoms with van der Waals surface area (Å²) in [5.74, 6) is -0.274. The summed E-state index contributed by atoms with van der Waals surface area (Å²) >= 11 is 18.8. The lowest BCUT2D eigenvalue weighted by Crippen LogP contribution is -2.61. The van der Waals surface area contributed by atoms with Crippen LogP contribution >= 0.6 is 34.8 Å². The van der Waals surface area contributed by atoms with Crippen molar-refractivity contribution in [3.63, 3.8) is 0 Å². The zero-order chi connectivity index (χ0) is 11.6. The predicted molar refractivity (Wildman–Crippen MR) is 60.0 cm³/mol. The van der Waals surface area contributed by atoms with Crippen molar-refractivity contribution in [2.24, 2.45) is 0 Å². The molecular formula is C10H9Cl3O3. The third-order valence-electron chi connectivity index (χ3n) is 3.51. The number of ether oxygens (including phenoxy) is 2. The lowest BCUT2D eigenvalue weighted by Gasteiger charge is -2.44. The second kappa shape index (κ2) is 3.15. The highest BCUT2D eigenvalue weighted by molar-refractivity contribution is 6.54. The van der Waals surface area contributed by atoms with Gasteiger partial charge in [0.2, 0.25) is 0 Å². The van der Waals surface area contributed by atoms with Crippen LogP contribution in [0.5, 0.6) is 0 Å². The SMILES string of the molecule is O=C1C=C(Cl)C2(CCCO2)C(Cl)(Cl)C12CO2. The summed E-state index contributed by atoms with van der Waals surface area (Å²) in [5.41, 5.74) is -2.14. The normalized spacial score (nSPS) is 45.2. The van der Waals surface area contributed by atoms with Crippen LogP contribution in [0.4, 0.5) is 0 Å². The molecule has 0 bridgehead atoms. The van der Waals surface area contributed by atoms with Crippen molar-refractivity contribution in [2.45, 2.75) is 28.4 Å². The van der Waals surface area contributed by atoms with Crippen LogP contribution in [0, 0.1) is 0 Å². The zero-order valence-corrected chi connectivity index (χ0v) is 10.5. The Kier molecular flexibility index (Phi) is 2.22. The van der Waals surface area contributed by atoms with Crippen LogP contribution in [0.1, 0.15) is 12.8 Å². The monoisotopic (exact) mass is 282 g/mol. The molecule has 2 unspecified atom stereocenters. The van der Waals surface area contributed by atoms with E-state index in [4.69, 9.17) is 44.3 Å². The van der Waals surface area contributed by atoms with Gasteiger partial charge in [-0.1, -0.05) is 34.8 Å². The van der Waals surface area contributed by atoms with Gasteiger partial charge in [-0.05, 0) is 12.8 Å². The fraction of sp³-hybridized carbons (Fsp3) is 0.700. The molecule has 0 N–H and O–H groups in total. The maximum Gasteiger partial charge on any atom is 0.194 e. The molecule has 2 aliphatic heterocycles. The summed E-state index contributed by atoms with van der Waals surface area (Å²) in [6, 6.07) is 0. The molecule has 6 heteroatoms. The molecule has 2 heterocycles. The minimum absolute atomic E-state index is 0.227. The zero-order valence-electron chi connectivity index (χ0n) is 8.26. The van der Waals surface area contributed by atoms with E-state index in [0.29, 0.717) is 13.0 Å². The minimum atomic E-state index is -1.45. The molecule has 3 aliphatic rings. The summed E-state index contributed by atoms with van der Waals surface area (Å²) < 4.78 is 9.39. The van der Waals surface area contributed by atoms with Gasteiger partial charge in [0, 0.05) is 12.7 Å². The lowest BCUT2D eigenvalue weighted by molar-refractivity contribution is -0.123. The number of carbonyl (C=O) groups is 1. The van der Waals surface area contributed by atoms with Crippen molar-refractivity contribution >= 4 is 40.6 Å². The first-order valence-corrected chi connectivity index (χ1v) is 6.18. The molecular weight excluding hydrogens is 274 g/mol. The van der Waals surface area contributed by atoms with Crippen molar-refractivity contribution in [3.8, 4) is 0 Å². The first kappa shape index (κ1) is 11.3. The van der Waals surface area contributed by atoms with Gasteiger partial charge < -0.3 is 9.47 Å². The van der Waals surface area contributed by atoms with Gasteiger partial charge in [0.15, 0.2) is 15.7 Å². The standard InChI is InChI=1S/C10H9Cl3O3/c11-6-4-7(14)9(5-16-9)10(12,13)8(6)2-1-3-15-8/h4H,1-3,5H2. The number of epoxide rings is 1. The van der Waals surface area contributed by atoms with E-state index in [1.807, 2.05) is 0 Å². The Morgan fingerprint density at radius 2 is 1.94 bits per heavy atom. The largest absolute Gasteiger partial charge is 0.366 e. The fourth-order valence-electron chi connectivity index (χ4n) is 2.45. The Hall–Kier alpha value is 0.200. The van der Waals surface area contributed by atoms with E-state index in [2.05, 4.69) is 0 Å². The molecule has 0 aromatic heterocycles. The molecule has 1 aliphatic carbocycles. The molecule has 2 atom stereocenters. The molecule has 0 saturated carbocycles. The summed E-state index contributed by atoms with van der Waals surface area (Å²) in [6.07, 6.45) is 2.76. The quantitative estimate of drug-likeness (QED) is 0.505. The molecule has 2 spiro atoms. The summed E-state index contributed by atoms with van der Waals surface area (Å²) in [7, 11) is 0. The van der Waals surface area contributed by atoms with E-state index in [1.165, 1.54) is 6.08 Å². The molecule has 0 aromatic rings. The Morgan fingerprint density at radius 3 is 2.44 bits per heavy atom. The number of alkyl halides is 2. The highest BCUT2D eigenvalue weighted by atomic mass is 35.5. The average molecular weight is 284 g/mol. The van der Waals surface area contributed by atoms with Crippen LogP contribution < -0.4 is 0 Å². The first-order chi connectivity index (χ1) is 7.46. The smallest absolute Gasteiger partial charge is 0.194 e. The van der Waals surface area contributed by atoms with E-state index in [9.17, 15) is 4.79 Å². The number of hydrogen-bond donors (Lipinski definition) is 0. The second-order valence-electron chi connectivity index (χ2n) is 4.33. The third-order valence-corrected chi connectivity index (χ3v) is 5.15. The van der Waals surface area contributed by atoms with Gasteiger partial charge in [-0.3, -0.25) is 4.79 Å². The first-order valence-electron chi connectivity index (χ1n) is 5.04. The molecule has 88 valence electrons. The number of carbonyl (C=O) groups excluding carboxylic acids is 1. The maximum atomic E-state index is 11.8. The molecule has 0 amide bonds. The van der Waals surface area contributed by atoms with Gasteiger partial charge >= 0.3 is 0 Å². The van der Waals surface area contributed by atoms with Gasteiger partial charge in [-0.2, -0.15) is 0 Å². The molecule has 0 aromatic carbocycles. The van der Waals surface area contributed by atoms with Crippen LogP contribution in [-0.2, 0) is 14.3 Å². The summed E-state index contributed by atoms with van der Waals surface area (Å²) in [5, 5.41) is 0.279. The average Bonchev–Trinajstić information content (AvgIpc) is 2.88. The molecule has 0 radical (unpaired) electrons. The number of hydrogen-bond acceptors (Lipinski definition) is 3. The predicted octanol–water partition coefficient (Wildman–Crippen LogP) is 2.18. The Morgan fingerprint density at radius 1 is 1.25 bits per heavy atom. The van der Waals surface area contributed by atoms with Gasteiger partial charge in [-0.25, -0.2) is 0 Å². The van der Waals surface area contributed by atoms with Gasteiger partial charge in [-0.15, -0.1) is 0 Å². The second-order valence-corrected chi connectivity index (χ2v) is 6.06. The topological polar surface area (TPSA) is 38.8 Å². The molecule has 2 saturated heterocycles.